The van der Waals surface area contributed by atoms with Gasteiger partial charge in [-0.2, -0.15) is 0 Å². The van der Waals surface area contributed by atoms with Gasteiger partial charge in [-0.3, -0.25) is 0 Å². The zero-order valence-electron chi connectivity index (χ0n) is 7.28. The molecular weight excluding hydrogens is 281 g/mol. The molecule has 0 aliphatic heterocycles. The van der Waals surface area contributed by atoms with Crippen molar-refractivity contribution in [2.24, 2.45) is 0 Å². The second kappa shape index (κ2) is 4.09. The summed E-state index contributed by atoms with van der Waals surface area (Å²) < 4.78 is 43.0. The standard InChI is InChI=1S/C8H4BrF3O3/c1-15-7-5(11)2(8(13)14)4(10)3(9)6(7)12/h1H3,(H,13,14). The highest BCUT2D eigenvalue weighted by Crippen LogP contribution is 2.33. The van der Waals surface area contributed by atoms with Gasteiger partial charge in [0, 0.05) is 0 Å². The molecule has 0 aliphatic rings. The molecule has 3 nitrogen and oxygen atoms in total. The van der Waals surface area contributed by atoms with Gasteiger partial charge in [0.05, 0.1) is 11.6 Å². The molecule has 1 N–H and O–H groups in total. The van der Waals surface area contributed by atoms with E-state index in [1.807, 2.05) is 0 Å². The van der Waals surface area contributed by atoms with Crippen molar-refractivity contribution in [2.45, 2.75) is 0 Å². The Balaban J connectivity index is 3.68. The fourth-order valence-electron chi connectivity index (χ4n) is 0.979. The Bertz CT molecular complexity index is 434. The number of benzene rings is 1. The molecule has 1 aromatic carbocycles. The van der Waals surface area contributed by atoms with E-state index in [1.54, 1.807) is 0 Å². The van der Waals surface area contributed by atoms with Gasteiger partial charge in [-0.1, -0.05) is 0 Å². The lowest BCUT2D eigenvalue weighted by atomic mass is 10.2. The van der Waals surface area contributed by atoms with Crippen molar-refractivity contribution in [3.63, 3.8) is 0 Å². The first kappa shape index (κ1) is 11.8. The van der Waals surface area contributed by atoms with Gasteiger partial charge in [0.1, 0.15) is 5.56 Å². The number of hydrogen-bond acceptors (Lipinski definition) is 2. The van der Waals surface area contributed by atoms with E-state index in [9.17, 15) is 18.0 Å². The Kier molecular flexibility index (Phi) is 3.23. The molecule has 82 valence electrons. The molecule has 1 aromatic rings. The van der Waals surface area contributed by atoms with Gasteiger partial charge in [0.2, 0.25) is 0 Å². The molecule has 0 unspecified atom stereocenters. The molecule has 1 rings (SSSR count). The zero-order chi connectivity index (χ0) is 11.7. The highest BCUT2D eigenvalue weighted by molar-refractivity contribution is 9.10. The molecule has 0 saturated heterocycles. The molecule has 0 saturated carbocycles. The molecule has 0 atom stereocenters. The first-order chi connectivity index (χ1) is 6.91. The monoisotopic (exact) mass is 284 g/mol. The molecule has 0 aliphatic carbocycles. The van der Waals surface area contributed by atoms with E-state index in [1.165, 1.54) is 0 Å². The van der Waals surface area contributed by atoms with E-state index in [2.05, 4.69) is 20.7 Å². The van der Waals surface area contributed by atoms with Gasteiger partial charge in [-0.05, 0) is 15.9 Å². The Morgan fingerprint density at radius 3 is 2.20 bits per heavy atom. The van der Waals surface area contributed by atoms with Gasteiger partial charge in [0.15, 0.2) is 23.2 Å². The van der Waals surface area contributed by atoms with Crippen molar-refractivity contribution in [3.8, 4) is 5.75 Å². The molecule has 0 bridgehead atoms. The van der Waals surface area contributed by atoms with Gasteiger partial charge in [-0.15, -0.1) is 0 Å². The van der Waals surface area contributed by atoms with E-state index in [0.29, 0.717) is 0 Å². The van der Waals surface area contributed by atoms with E-state index in [0.717, 1.165) is 7.11 Å². The van der Waals surface area contributed by atoms with Crippen molar-refractivity contribution < 1.29 is 27.8 Å². The molecule has 0 radical (unpaired) electrons. The number of ether oxygens (including phenoxy) is 1. The second-order valence-electron chi connectivity index (χ2n) is 2.47. The van der Waals surface area contributed by atoms with Gasteiger partial charge >= 0.3 is 5.97 Å². The molecular formula is C8H4BrF3O3. The van der Waals surface area contributed by atoms with Crippen LogP contribution in [0.3, 0.4) is 0 Å². The Hall–Kier alpha value is -1.24. The minimum atomic E-state index is -1.84. The largest absolute Gasteiger partial charge is 0.491 e. The number of carbonyl (C=O) groups is 1. The highest BCUT2D eigenvalue weighted by Gasteiger charge is 2.28. The predicted molar refractivity (Wildman–Crippen MR) is 47.5 cm³/mol. The van der Waals surface area contributed by atoms with Crippen LogP contribution in [-0.2, 0) is 0 Å². The smallest absolute Gasteiger partial charge is 0.341 e. The summed E-state index contributed by atoms with van der Waals surface area (Å²) in [5.41, 5.74) is -1.26. The summed E-state index contributed by atoms with van der Waals surface area (Å²) >= 11 is 2.46. The molecule has 0 heterocycles. The lowest BCUT2D eigenvalue weighted by Gasteiger charge is -2.08. The minimum absolute atomic E-state index is 0.779. The number of aromatic carboxylic acids is 1. The van der Waals surface area contributed by atoms with Crippen LogP contribution in [0.25, 0.3) is 0 Å². The first-order valence-corrected chi connectivity index (χ1v) is 4.34. The third-order valence-corrected chi connectivity index (χ3v) is 2.34. The summed E-state index contributed by atoms with van der Waals surface area (Å²) in [6, 6.07) is 0. The number of halogens is 4. The summed E-state index contributed by atoms with van der Waals surface area (Å²) in [6.07, 6.45) is 0. The minimum Gasteiger partial charge on any atom is -0.491 e. The third-order valence-electron chi connectivity index (χ3n) is 1.64. The second-order valence-corrected chi connectivity index (χ2v) is 3.26. The van der Waals surface area contributed by atoms with E-state index in [4.69, 9.17) is 5.11 Å². The van der Waals surface area contributed by atoms with E-state index in [-0.39, 0.29) is 0 Å². The van der Waals surface area contributed by atoms with Crippen LogP contribution in [0.4, 0.5) is 13.2 Å². The third kappa shape index (κ3) is 1.79. The van der Waals surface area contributed by atoms with E-state index >= 15 is 0 Å². The Labute approximate surface area is 90.6 Å². The van der Waals surface area contributed by atoms with Crippen LogP contribution in [0, 0.1) is 17.5 Å². The summed E-state index contributed by atoms with van der Waals surface area (Å²) in [5, 5.41) is 8.50. The fraction of sp³-hybridized carbons (Fsp3) is 0.125. The average molecular weight is 285 g/mol. The van der Waals surface area contributed by atoms with Crippen molar-refractivity contribution in [1.82, 2.24) is 0 Å². The quantitative estimate of drug-likeness (QED) is 0.671. The van der Waals surface area contributed by atoms with Crippen LogP contribution in [0.1, 0.15) is 10.4 Å². The van der Waals surface area contributed by atoms with Crippen molar-refractivity contribution >= 4 is 21.9 Å². The van der Waals surface area contributed by atoms with Crippen LogP contribution in [0.2, 0.25) is 0 Å². The summed E-state index contributed by atoms with van der Waals surface area (Å²) in [5.74, 6) is -7.20. The molecule has 0 aromatic heterocycles. The maximum atomic E-state index is 13.2. The van der Waals surface area contributed by atoms with Crippen LogP contribution in [0.15, 0.2) is 4.47 Å². The van der Waals surface area contributed by atoms with Gasteiger partial charge in [0.25, 0.3) is 0 Å². The molecule has 7 heteroatoms. The zero-order valence-corrected chi connectivity index (χ0v) is 8.86. The first-order valence-electron chi connectivity index (χ1n) is 3.55. The number of carboxylic acids is 1. The average Bonchev–Trinajstić information content (AvgIpc) is 2.15. The number of rotatable bonds is 2. The molecule has 0 amide bonds. The van der Waals surface area contributed by atoms with Crippen LogP contribution in [-0.4, -0.2) is 18.2 Å². The fourth-order valence-corrected chi connectivity index (χ4v) is 1.36. The highest BCUT2D eigenvalue weighted by atomic mass is 79.9. The summed E-state index contributed by atoms with van der Waals surface area (Å²) in [6.45, 7) is 0. The maximum Gasteiger partial charge on any atom is 0.341 e. The van der Waals surface area contributed by atoms with Crippen LogP contribution in [0.5, 0.6) is 5.75 Å². The summed E-state index contributed by atoms with van der Waals surface area (Å²) in [4.78, 5) is 10.5. The van der Waals surface area contributed by atoms with Crippen LogP contribution < -0.4 is 4.74 Å². The van der Waals surface area contributed by atoms with Gasteiger partial charge < -0.3 is 9.84 Å². The van der Waals surface area contributed by atoms with Crippen molar-refractivity contribution in [2.75, 3.05) is 7.11 Å². The topological polar surface area (TPSA) is 46.5 Å². The summed E-state index contributed by atoms with van der Waals surface area (Å²) in [7, 11) is 0.942. The van der Waals surface area contributed by atoms with Crippen LogP contribution >= 0.6 is 15.9 Å². The predicted octanol–water partition coefficient (Wildman–Crippen LogP) is 2.57. The van der Waals surface area contributed by atoms with Crippen molar-refractivity contribution in [1.29, 1.82) is 0 Å². The number of methoxy groups -OCH3 is 1. The molecule has 15 heavy (non-hydrogen) atoms. The maximum absolute atomic E-state index is 13.2. The SMILES string of the molecule is COc1c(F)c(Br)c(F)c(C(=O)O)c1F. The molecule has 0 spiro atoms. The lowest BCUT2D eigenvalue weighted by Crippen LogP contribution is -2.09. The number of hydrogen-bond donors (Lipinski definition) is 1. The van der Waals surface area contributed by atoms with Gasteiger partial charge in [-0.25, -0.2) is 18.0 Å². The Morgan fingerprint density at radius 1 is 1.27 bits per heavy atom. The molecule has 0 fully saturated rings. The Morgan fingerprint density at radius 2 is 1.80 bits per heavy atom. The normalized spacial score (nSPS) is 10.2. The lowest BCUT2D eigenvalue weighted by molar-refractivity contribution is 0.0685. The van der Waals surface area contributed by atoms with E-state index < -0.39 is 39.2 Å². The number of carboxylic acid groups (broad SMARTS) is 1. The van der Waals surface area contributed by atoms with Crippen molar-refractivity contribution in [3.05, 3.63) is 27.5 Å².